The van der Waals surface area contributed by atoms with Gasteiger partial charge in [-0.25, -0.2) is 4.68 Å². The number of carbonyl (C=O) groups is 1. The number of tetrazole rings is 1. The van der Waals surface area contributed by atoms with Crippen LogP contribution < -0.4 is 0 Å². The third kappa shape index (κ3) is 2.83. The lowest BCUT2D eigenvalue weighted by atomic mass is 10.0. The van der Waals surface area contributed by atoms with Crippen LogP contribution in [0.4, 0.5) is 0 Å². The zero-order chi connectivity index (χ0) is 14.9. The van der Waals surface area contributed by atoms with E-state index in [0.29, 0.717) is 16.4 Å². The Morgan fingerprint density at radius 2 is 2.15 bits per heavy atom. The van der Waals surface area contributed by atoms with Gasteiger partial charge >= 0.3 is 5.97 Å². The number of aromatic nitrogens is 4. The lowest BCUT2D eigenvalue weighted by Gasteiger charge is -2.17. The number of halogens is 2. The highest BCUT2D eigenvalue weighted by Gasteiger charge is 2.25. The summed E-state index contributed by atoms with van der Waals surface area (Å²) in [5.74, 6) is -1.04. The summed E-state index contributed by atoms with van der Waals surface area (Å²) in [7, 11) is 0. The molecule has 0 radical (unpaired) electrons. The van der Waals surface area contributed by atoms with E-state index in [2.05, 4.69) is 31.5 Å². The van der Waals surface area contributed by atoms with Crippen molar-refractivity contribution in [3.05, 3.63) is 27.7 Å². The van der Waals surface area contributed by atoms with Crippen molar-refractivity contribution >= 4 is 33.5 Å². The van der Waals surface area contributed by atoms with Crippen molar-refractivity contribution in [2.45, 2.75) is 19.9 Å². The van der Waals surface area contributed by atoms with E-state index >= 15 is 0 Å². The van der Waals surface area contributed by atoms with Gasteiger partial charge in [-0.05, 0) is 42.5 Å². The van der Waals surface area contributed by atoms with Crippen molar-refractivity contribution in [1.29, 1.82) is 0 Å². The molecule has 0 aliphatic rings. The SMILES string of the molecule is CC(C(=O)O)C(C)n1nnnc1-c1cc(Cl)ccc1Br. The molecule has 1 aromatic heterocycles. The van der Waals surface area contributed by atoms with Gasteiger partial charge in [-0.3, -0.25) is 4.79 Å². The van der Waals surface area contributed by atoms with E-state index in [1.165, 1.54) is 4.68 Å². The minimum atomic E-state index is -0.899. The number of carboxylic acids is 1. The van der Waals surface area contributed by atoms with Crippen LogP contribution in [-0.2, 0) is 4.79 Å². The predicted molar refractivity (Wildman–Crippen MR) is 77.5 cm³/mol. The zero-order valence-corrected chi connectivity index (χ0v) is 13.1. The molecule has 2 aromatic rings. The zero-order valence-electron chi connectivity index (χ0n) is 10.8. The van der Waals surface area contributed by atoms with Gasteiger partial charge in [-0.1, -0.05) is 27.5 Å². The van der Waals surface area contributed by atoms with Crippen molar-refractivity contribution < 1.29 is 9.90 Å². The second kappa shape index (κ2) is 5.88. The maximum atomic E-state index is 11.1. The molecule has 2 rings (SSSR count). The second-order valence-corrected chi connectivity index (χ2v) is 5.73. The number of hydrogen-bond acceptors (Lipinski definition) is 4. The van der Waals surface area contributed by atoms with Crippen molar-refractivity contribution in [1.82, 2.24) is 20.2 Å². The minimum absolute atomic E-state index is 0.386. The number of carboxylic acid groups (broad SMARTS) is 1. The van der Waals surface area contributed by atoms with Crippen molar-refractivity contribution in [3.8, 4) is 11.4 Å². The van der Waals surface area contributed by atoms with Gasteiger partial charge in [-0.2, -0.15) is 0 Å². The van der Waals surface area contributed by atoms with E-state index in [4.69, 9.17) is 16.7 Å². The molecule has 106 valence electrons. The highest BCUT2D eigenvalue weighted by atomic mass is 79.9. The molecule has 8 heteroatoms. The molecule has 0 saturated heterocycles. The lowest BCUT2D eigenvalue weighted by molar-refractivity contribution is -0.142. The van der Waals surface area contributed by atoms with Crippen LogP contribution in [0.3, 0.4) is 0 Å². The Bertz CT molecular complexity index is 646. The van der Waals surface area contributed by atoms with Gasteiger partial charge in [-0.15, -0.1) is 5.10 Å². The van der Waals surface area contributed by atoms with E-state index < -0.39 is 11.9 Å². The maximum Gasteiger partial charge on any atom is 0.308 e. The van der Waals surface area contributed by atoms with Crippen LogP contribution in [0.25, 0.3) is 11.4 Å². The number of rotatable bonds is 4. The number of aliphatic carboxylic acids is 1. The first kappa shape index (κ1) is 14.9. The number of benzene rings is 1. The minimum Gasteiger partial charge on any atom is -0.481 e. The second-order valence-electron chi connectivity index (χ2n) is 4.44. The molecular weight excluding hydrogens is 348 g/mol. The first-order chi connectivity index (χ1) is 9.41. The molecule has 2 atom stereocenters. The van der Waals surface area contributed by atoms with E-state index in [1.54, 1.807) is 32.0 Å². The van der Waals surface area contributed by atoms with Gasteiger partial charge in [0.05, 0.1) is 12.0 Å². The van der Waals surface area contributed by atoms with Crippen LogP contribution in [0.15, 0.2) is 22.7 Å². The molecule has 0 bridgehead atoms. The molecule has 0 fully saturated rings. The first-order valence-corrected chi connectivity index (χ1v) is 7.05. The average Bonchev–Trinajstić information content (AvgIpc) is 2.88. The number of nitrogens with zero attached hydrogens (tertiary/aromatic N) is 4. The quantitative estimate of drug-likeness (QED) is 0.907. The van der Waals surface area contributed by atoms with E-state index in [9.17, 15) is 4.79 Å². The Morgan fingerprint density at radius 1 is 1.45 bits per heavy atom. The molecule has 1 aromatic carbocycles. The van der Waals surface area contributed by atoms with Crippen molar-refractivity contribution in [2.24, 2.45) is 5.92 Å². The van der Waals surface area contributed by atoms with Gasteiger partial charge in [0.1, 0.15) is 0 Å². The molecule has 0 aliphatic heterocycles. The van der Waals surface area contributed by atoms with Crippen LogP contribution in [0.5, 0.6) is 0 Å². The summed E-state index contributed by atoms with van der Waals surface area (Å²) in [4.78, 5) is 11.1. The van der Waals surface area contributed by atoms with Crippen LogP contribution in [0.1, 0.15) is 19.9 Å². The van der Waals surface area contributed by atoms with E-state index in [-0.39, 0.29) is 6.04 Å². The Morgan fingerprint density at radius 3 is 2.80 bits per heavy atom. The smallest absolute Gasteiger partial charge is 0.308 e. The summed E-state index contributed by atoms with van der Waals surface area (Å²) in [5, 5.41) is 21.2. The first-order valence-electron chi connectivity index (χ1n) is 5.88. The Labute approximate surface area is 128 Å². The molecule has 0 saturated carbocycles. The average molecular weight is 360 g/mol. The monoisotopic (exact) mass is 358 g/mol. The highest BCUT2D eigenvalue weighted by molar-refractivity contribution is 9.10. The molecule has 6 nitrogen and oxygen atoms in total. The number of hydrogen-bond donors (Lipinski definition) is 1. The molecule has 0 aliphatic carbocycles. The van der Waals surface area contributed by atoms with Gasteiger partial charge in [0.15, 0.2) is 5.82 Å². The van der Waals surface area contributed by atoms with Gasteiger partial charge in [0.2, 0.25) is 0 Å². The molecule has 1 heterocycles. The topological polar surface area (TPSA) is 80.9 Å². The molecule has 0 amide bonds. The van der Waals surface area contributed by atoms with Gasteiger partial charge < -0.3 is 5.11 Å². The van der Waals surface area contributed by atoms with Crippen LogP contribution >= 0.6 is 27.5 Å². The predicted octanol–water partition coefficient (Wildman–Crippen LogP) is 3.04. The van der Waals surface area contributed by atoms with Crippen LogP contribution in [0.2, 0.25) is 5.02 Å². The summed E-state index contributed by atoms with van der Waals surface area (Å²) < 4.78 is 2.28. The Kier molecular flexibility index (Phi) is 4.39. The summed E-state index contributed by atoms with van der Waals surface area (Å²) in [6.07, 6.45) is 0. The Balaban J connectivity index is 2.48. The van der Waals surface area contributed by atoms with E-state index in [0.717, 1.165) is 4.47 Å². The fraction of sp³-hybridized carbons (Fsp3) is 0.333. The molecule has 20 heavy (non-hydrogen) atoms. The third-order valence-corrected chi connectivity index (χ3v) is 4.09. The summed E-state index contributed by atoms with van der Waals surface area (Å²) in [5.41, 5.74) is 0.715. The maximum absolute atomic E-state index is 11.1. The molecule has 0 spiro atoms. The highest BCUT2D eigenvalue weighted by Crippen LogP contribution is 2.31. The van der Waals surface area contributed by atoms with Crippen LogP contribution in [0, 0.1) is 5.92 Å². The fourth-order valence-electron chi connectivity index (χ4n) is 1.73. The summed E-state index contributed by atoms with van der Waals surface area (Å²) in [6, 6.07) is 4.88. The van der Waals surface area contributed by atoms with Gasteiger partial charge in [0, 0.05) is 15.1 Å². The summed E-state index contributed by atoms with van der Waals surface area (Å²) >= 11 is 9.40. The molecule has 1 N–H and O–H groups in total. The Hall–Kier alpha value is -1.47. The standard InChI is InChI=1S/C12H12BrClN4O2/c1-6(12(19)20)7(2)18-11(15-16-17-18)9-5-8(14)3-4-10(9)13/h3-7H,1-2H3,(H,19,20). The normalized spacial score (nSPS) is 14.0. The molecular formula is C12H12BrClN4O2. The summed E-state index contributed by atoms with van der Waals surface area (Å²) in [6.45, 7) is 3.38. The molecule has 2 unspecified atom stereocenters. The third-order valence-electron chi connectivity index (χ3n) is 3.16. The van der Waals surface area contributed by atoms with Crippen LogP contribution in [-0.4, -0.2) is 31.3 Å². The van der Waals surface area contributed by atoms with Crippen molar-refractivity contribution in [3.63, 3.8) is 0 Å². The van der Waals surface area contributed by atoms with Gasteiger partial charge in [0.25, 0.3) is 0 Å². The lowest BCUT2D eigenvalue weighted by Crippen LogP contribution is -2.23. The largest absolute Gasteiger partial charge is 0.481 e. The van der Waals surface area contributed by atoms with Crippen molar-refractivity contribution in [2.75, 3.05) is 0 Å². The van der Waals surface area contributed by atoms with E-state index in [1.807, 2.05) is 0 Å². The fourth-order valence-corrected chi connectivity index (χ4v) is 2.33.